The summed E-state index contributed by atoms with van der Waals surface area (Å²) in [4.78, 5) is 14.6. The molecule has 1 rings (SSSR count). The molecule has 1 N–H and O–H groups in total. The molecule has 1 amide bonds. The molecule has 17 heavy (non-hydrogen) atoms. The Hall–Kier alpha value is -1.66. The zero-order chi connectivity index (χ0) is 13.1. The summed E-state index contributed by atoms with van der Waals surface area (Å²) < 4.78 is 48.4. The van der Waals surface area contributed by atoms with E-state index in [-0.39, 0.29) is 5.56 Å². The number of alkyl halides is 3. The largest absolute Gasteiger partial charge is 0.391 e. The Balaban J connectivity index is 2.57. The number of pyridine rings is 1. The standard InChI is InChI=1S/C10H10F4N2O/c1-6(4-10(12,13)14)16-9(17)7-2-3-8(11)15-5-7/h2-3,5-6H,4H2,1H3,(H,16,17). The van der Waals surface area contributed by atoms with E-state index in [4.69, 9.17) is 0 Å². The van der Waals surface area contributed by atoms with E-state index < -0.39 is 30.5 Å². The lowest BCUT2D eigenvalue weighted by Gasteiger charge is -2.15. The van der Waals surface area contributed by atoms with Crippen molar-refractivity contribution in [2.24, 2.45) is 0 Å². The van der Waals surface area contributed by atoms with Crippen LogP contribution in [0.4, 0.5) is 17.6 Å². The van der Waals surface area contributed by atoms with Gasteiger partial charge in [-0.25, -0.2) is 4.98 Å². The molecule has 0 bridgehead atoms. The molecule has 1 unspecified atom stereocenters. The van der Waals surface area contributed by atoms with Crippen LogP contribution in [0.1, 0.15) is 23.7 Å². The van der Waals surface area contributed by atoms with E-state index in [0.29, 0.717) is 0 Å². The van der Waals surface area contributed by atoms with Gasteiger partial charge in [0.2, 0.25) is 5.95 Å². The van der Waals surface area contributed by atoms with Gasteiger partial charge >= 0.3 is 6.18 Å². The van der Waals surface area contributed by atoms with Gasteiger partial charge in [0.1, 0.15) is 0 Å². The fourth-order valence-corrected chi connectivity index (χ4v) is 1.22. The number of nitrogens with zero attached hydrogens (tertiary/aromatic N) is 1. The number of hydrogen-bond donors (Lipinski definition) is 1. The van der Waals surface area contributed by atoms with Crippen LogP contribution in [-0.4, -0.2) is 23.1 Å². The summed E-state index contributed by atoms with van der Waals surface area (Å²) in [5.41, 5.74) is 0.0143. The van der Waals surface area contributed by atoms with Gasteiger partial charge in [0, 0.05) is 12.2 Å². The molecule has 0 aliphatic carbocycles. The Morgan fingerprint density at radius 3 is 2.59 bits per heavy atom. The molecule has 1 aromatic heterocycles. The topological polar surface area (TPSA) is 42.0 Å². The lowest BCUT2D eigenvalue weighted by Crippen LogP contribution is -2.36. The smallest absolute Gasteiger partial charge is 0.349 e. The van der Waals surface area contributed by atoms with Crippen molar-refractivity contribution in [2.45, 2.75) is 25.6 Å². The Labute approximate surface area is 94.8 Å². The molecule has 3 nitrogen and oxygen atoms in total. The summed E-state index contributed by atoms with van der Waals surface area (Å²) in [6, 6.07) is 1.06. The number of hydrogen-bond acceptors (Lipinski definition) is 2. The number of rotatable bonds is 3. The Kier molecular flexibility index (Phi) is 4.03. The minimum atomic E-state index is -4.34. The van der Waals surface area contributed by atoms with Gasteiger partial charge in [0.25, 0.3) is 5.91 Å². The van der Waals surface area contributed by atoms with E-state index >= 15 is 0 Å². The number of aromatic nitrogens is 1. The minimum absolute atomic E-state index is 0.0143. The van der Waals surface area contributed by atoms with Crippen LogP contribution in [0.25, 0.3) is 0 Å². The maximum Gasteiger partial charge on any atom is 0.391 e. The van der Waals surface area contributed by atoms with Crippen molar-refractivity contribution < 1.29 is 22.4 Å². The fourth-order valence-electron chi connectivity index (χ4n) is 1.22. The normalized spacial score (nSPS) is 13.2. The van der Waals surface area contributed by atoms with E-state index in [1.165, 1.54) is 6.92 Å². The van der Waals surface area contributed by atoms with Gasteiger partial charge in [-0.2, -0.15) is 17.6 Å². The van der Waals surface area contributed by atoms with Crippen molar-refractivity contribution in [3.05, 3.63) is 29.8 Å². The highest BCUT2D eigenvalue weighted by atomic mass is 19.4. The van der Waals surface area contributed by atoms with Crippen molar-refractivity contribution >= 4 is 5.91 Å². The van der Waals surface area contributed by atoms with Gasteiger partial charge in [-0.15, -0.1) is 0 Å². The van der Waals surface area contributed by atoms with Crippen LogP contribution >= 0.6 is 0 Å². The molecule has 1 aromatic rings. The lowest BCUT2D eigenvalue weighted by molar-refractivity contribution is -0.138. The van der Waals surface area contributed by atoms with Gasteiger partial charge in [0.05, 0.1) is 12.0 Å². The van der Waals surface area contributed by atoms with Crippen LogP contribution in [-0.2, 0) is 0 Å². The summed E-state index contributed by atoms with van der Waals surface area (Å²) >= 11 is 0. The van der Waals surface area contributed by atoms with Crippen LogP contribution in [0.2, 0.25) is 0 Å². The molecule has 1 atom stereocenters. The second-order valence-corrected chi connectivity index (χ2v) is 3.56. The van der Waals surface area contributed by atoms with Crippen molar-refractivity contribution in [2.75, 3.05) is 0 Å². The molecule has 0 saturated heterocycles. The molecule has 0 spiro atoms. The number of carbonyl (C=O) groups is 1. The predicted molar refractivity (Wildman–Crippen MR) is 51.8 cm³/mol. The Morgan fingerprint density at radius 1 is 1.47 bits per heavy atom. The first kappa shape index (κ1) is 13.4. The SMILES string of the molecule is CC(CC(F)(F)F)NC(=O)c1ccc(F)nc1. The highest BCUT2D eigenvalue weighted by Crippen LogP contribution is 2.21. The molecular weight excluding hydrogens is 240 g/mol. The second-order valence-electron chi connectivity index (χ2n) is 3.56. The molecule has 0 radical (unpaired) electrons. The van der Waals surface area contributed by atoms with Crippen LogP contribution in [0.15, 0.2) is 18.3 Å². The van der Waals surface area contributed by atoms with E-state index in [1.807, 2.05) is 0 Å². The van der Waals surface area contributed by atoms with Crippen LogP contribution in [0.5, 0.6) is 0 Å². The van der Waals surface area contributed by atoms with Crippen LogP contribution in [0.3, 0.4) is 0 Å². The van der Waals surface area contributed by atoms with E-state index in [1.54, 1.807) is 0 Å². The third kappa shape index (κ3) is 4.80. The average molecular weight is 250 g/mol. The number of amides is 1. The van der Waals surface area contributed by atoms with Gasteiger partial charge < -0.3 is 5.32 Å². The molecular formula is C10H10F4N2O. The van der Waals surface area contributed by atoms with Crippen molar-refractivity contribution in [3.8, 4) is 0 Å². The van der Waals surface area contributed by atoms with Gasteiger partial charge in [-0.1, -0.05) is 0 Å². The first-order valence-corrected chi connectivity index (χ1v) is 4.77. The van der Waals surface area contributed by atoms with Crippen molar-refractivity contribution in [1.29, 1.82) is 0 Å². The first-order chi connectivity index (χ1) is 7.78. The highest BCUT2D eigenvalue weighted by Gasteiger charge is 2.30. The number of halogens is 4. The van der Waals surface area contributed by atoms with E-state index in [2.05, 4.69) is 10.3 Å². The molecule has 0 aliphatic rings. The zero-order valence-electron chi connectivity index (χ0n) is 8.88. The molecule has 0 aliphatic heterocycles. The quantitative estimate of drug-likeness (QED) is 0.660. The monoisotopic (exact) mass is 250 g/mol. The lowest BCUT2D eigenvalue weighted by atomic mass is 10.2. The highest BCUT2D eigenvalue weighted by molar-refractivity contribution is 5.93. The second kappa shape index (κ2) is 5.11. The van der Waals surface area contributed by atoms with Crippen LogP contribution in [0, 0.1) is 5.95 Å². The van der Waals surface area contributed by atoms with Gasteiger partial charge in [0.15, 0.2) is 0 Å². The average Bonchev–Trinajstić information content (AvgIpc) is 2.15. The number of carbonyl (C=O) groups excluding carboxylic acids is 1. The maximum absolute atomic E-state index is 12.4. The van der Waals surface area contributed by atoms with Gasteiger partial charge in [-0.05, 0) is 19.1 Å². The maximum atomic E-state index is 12.4. The molecule has 7 heteroatoms. The fraction of sp³-hybridized carbons (Fsp3) is 0.400. The van der Waals surface area contributed by atoms with E-state index in [0.717, 1.165) is 18.3 Å². The van der Waals surface area contributed by atoms with Gasteiger partial charge in [-0.3, -0.25) is 4.79 Å². The summed E-state index contributed by atoms with van der Waals surface area (Å²) in [6.45, 7) is 1.24. The summed E-state index contributed by atoms with van der Waals surface area (Å²) in [5.74, 6) is -1.47. The Morgan fingerprint density at radius 2 is 2.12 bits per heavy atom. The third-order valence-corrected chi connectivity index (χ3v) is 1.90. The van der Waals surface area contributed by atoms with E-state index in [9.17, 15) is 22.4 Å². The molecule has 94 valence electrons. The Bertz CT molecular complexity index is 388. The summed E-state index contributed by atoms with van der Waals surface area (Å²) in [5, 5.41) is 2.15. The minimum Gasteiger partial charge on any atom is -0.349 e. The predicted octanol–water partition coefficient (Wildman–Crippen LogP) is 2.29. The summed E-state index contributed by atoms with van der Waals surface area (Å²) in [6.07, 6.45) is -4.49. The van der Waals surface area contributed by atoms with Crippen molar-refractivity contribution in [3.63, 3.8) is 0 Å². The zero-order valence-corrected chi connectivity index (χ0v) is 8.88. The van der Waals surface area contributed by atoms with Crippen LogP contribution < -0.4 is 5.32 Å². The first-order valence-electron chi connectivity index (χ1n) is 4.77. The van der Waals surface area contributed by atoms with Crippen molar-refractivity contribution in [1.82, 2.24) is 10.3 Å². The summed E-state index contributed by atoms with van der Waals surface area (Å²) in [7, 11) is 0. The molecule has 0 saturated carbocycles. The molecule has 0 fully saturated rings. The third-order valence-electron chi connectivity index (χ3n) is 1.90. The number of nitrogens with one attached hydrogen (secondary N) is 1. The molecule has 1 heterocycles. The molecule has 0 aromatic carbocycles.